The molecule has 216 valence electrons. The van der Waals surface area contributed by atoms with Crippen LogP contribution in [0.2, 0.25) is 5.02 Å². The summed E-state index contributed by atoms with van der Waals surface area (Å²) >= 11 is 12.4. The number of nitrogens with two attached hydrogens (primary N) is 1. The Labute approximate surface area is 249 Å². The van der Waals surface area contributed by atoms with E-state index in [2.05, 4.69) is 10.3 Å². The van der Waals surface area contributed by atoms with Crippen molar-refractivity contribution in [3.63, 3.8) is 0 Å². The number of piperidine rings is 1. The summed E-state index contributed by atoms with van der Waals surface area (Å²) in [5.41, 5.74) is 9.10. The second-order valence-electron chi connectivity index (χ2n) is 10.3. The Morgan fingerprint density at radius 3 is 2.73 bits per heavy atom. The van der Waals surface area contributed by atoms with Crippen molar-refractivity contribution in [1.82, 2.24) is 14.9 Å². The quantitative estimate of drug-likeness (QED) is 0.345. The number of thiocarbonyl (C=S) groups is 1. The summed E-state index contributed by atoms with van der Waals surface area (Å²) < 4.78 is 38.1. The second kappa shape index (κ2) is 12.0. The molecule has 2 aromatic carbocycles. The number of allylic oxidation sites excluding steroid dienone is 2. The van der Waals surface area contributed by atoms with Crippen LogP contribution in [-0.2, 0) is 25.1 Å². The summed E-state index contributed by atoms with van der Waals surface area (Å²) in [6.07, 6.45) is 6.78. The fraction of sp³-hybridized carbons (Fsp3) is 0.345. The molecular formula is C29H31ClN4O5S2. The van der Waals surface area contributed by atoms with Gasteiger partial charge in [0.15, 0.2) is 9.84 Å². The SMILES string of the molecule is C[C@@H](OC1C=C(n2cnc3ccc(CS(C)(=O)=O)cc32)C=C(C(N)=O)C1=S)c1cccc(OC2CCNCC2)c1Cl. The number of primary amides is 1. The first kappa shape index (κ1) is 29.4. The van der Waals surface area contributed by atoms with Gasteiger partial charge in [-0.25, -0.2) is 13.4 Å². The number of halogens is 1. The zero-order valence-electron chi connectivity index (χ0n) is 22.7. The highest BCUT2D eigenvalue weighted by atomic mass is 35.5. The number of benzene rings is 2. The van der Waals surface area contributed by atoms with Crippen molar-refractivity contribution in [2.45, 2.75) is 43.8 Å². The number of nitrogens with zero attached hydrogens (tertiary/aromatic N) is 2. The number of sulfone groups is 1. The lowest BCUT2D eigenvalue weighted by molar-refractivity contribution is -0.114. The molecule has 3 aromatic rings. The van der Waals surface area contributed by atoms with Gasteiger partial charge in [0, 0.05) is 17.5 Å². The van der Waals surface area contributed by atoms with Crippen molar-refractivity contribution in [2.24, 2.45) is 5.73 Å². The molecule has 1 fully saturated rings. The number of carbonyl (C=O) groups is 1. The molecule has 1 aliphatic carbocycles. The van der Waals surface area contributed by atoms with Crippen LogP contribution in [0.4, 0.5) is 0 Å². The van der Waals surface area contributed by atoms with E-state index in [1.165, 1.54) is 6.26 Å². The molecule has 2 aliphatic rings. The van der Waals surface area contributed by atoms with Gasteiger partial charge in [-0.05, 0) is 68.8 Å². The summed E-state index contributed by atoms with van der Waals surface area (Å²) in [5.74, 6) is -0.190. The highest BCUT2D eigenvalue weighted by molar-refractivity contribution is 7.89. The molecule has 1 unspecified atom stereocenters. The minimum atomic E-state index is -3.23. The molecule has 2 heterocycles. The molecule has 0 spiro atoms. The number of carbonyl (C=O) groups excluding carboxylic acids is 1. The maximum Gasteiger partial charge on any atom is 0.250 e. The third-order valence-corrected chi connectivity index (χ3v) is 8.80. The van der Waals surface area contributed by atoms with Crippen LogP contribution in [0.15, 0.2) is 60.5 Å². The number of rotatable bonds is 9. The Balaban J connectivity index is 1.45. The van der Waals surface area contributed by atoms with E-state index in [0.29, 0.717) is 33.1 Å². The molecule has 1 aromatic heterocycles. The van der Waals surface area contributed by atoms with E-state index in [9.17, 15) is 13.2 Å². The number of amides is 1. The first-order valence-corrected chi connectivity index (χ1v) is 16.1. The lowest BCUT2D eigenvalue weighted by Gasteiger charge is -2.27. The van der Waals surface area contributed by atoms with Crippen molar-refractivity contribution < 1.29 is 22.7 Å². The first-order chi connectivity index (χ1) is 19.5. The maximum atomic E-state index is 12.4. The van der Waals surface area contributed by atoms with E-state index in [-0.39, 0.29) is 22.3 Å². The maximum absolute atomic E-state index is 12.4. The van der Waals surface area contributed by atoms with Crippen molar-refractivity contribution in [1.29, 1.82) is 0 Å². The van der Waals surface area contributed by atoms with Crippen molar-refractivity contribution in [3.8, 4) is 5.75 Å². The average molecular weight is 615 g/mol. The lowest BCUT2D eigenvalue weighted by atomic mass is 9.98. The third-order valence-electron chi connectivity index (χ3n) is 7.08. The highest BCUT2D eigenvalue weighted by Crippen LogP contribution is 2.36. The molecule has 0 radical (unpaired) electrons. The number of ether oxygens (including phenoxy) is 2. The number of hydrogen-bond donors (Lipinski definition) is 2. The smallest absolute Gasteiger partial charge is 0.250 e. The van der Waals surface area contributed by atoms with Gasteiger partial charge in [0.05, 0.1) is 38.4 Å². The number of fused-ring (bicyclic) bond motifs is 1. The summed E-state index contributed by atoms with van der Waals surface area (Å²) in [4.78, 5) is 17.1. The van der Waals surface area contributed by atoms with Crippen LogP contribution in [0.3, 0.4) is 0 Å². The van der Waals surface area contributed by atoms with Gasteiger partial charge in [0.25, 0.3) is 0 Å². The highest BCUT2D eigenvalue weighted by Gasteiger charge is 2.29. The number of hydrogen-bond acceptors (Lipinski definition) is 8. The average Bonchev–Trinajstić information content (AvgIpc) is 3.33. The van der Waals surface area contributed by atoms with E-state index in [1.807, 2.05) is 25.1 Å². The van der Waals surface area contributed by atoms with Crippen LogP contribution in [-0.4, -0.2) is 60.3 Å². The van der Waals surface area contributed by atoms with E-state index < -0.39 is 28.0 Å². The van der Waals surface area contributed by atoms with Gasteiger partial charge in [-0.2, -0.15) is 0 Å². The van der Waals surface area contributed by atoms with Gasteiger partial charge < -0.3 is 20.5 Å². The molecule has 0 bridgehead atoms. The molecule has 2 atom stereocenters. The molecule has 41 heavy (non-hydrogen) atoms. The van der Waals surface area contributed by atoms with Gasteiger partial charge in [-0.15, -0.1) is 0 Å². The minimum Gasteiger partial charge on any atom is -0.489 e. The summed E-state index contributed by atoms with van der Waals surface area (Å²) in [6.45, 7) is 3.66. The Morgan fingerprint density at radius 1 is 1.27 bits per heavy atom. The Hall–Kier alpha value is -3.09. The fourth-order valence-corrected chi connectivity index (χ4v) is 6.46. The van der Waals surface area contributed by atoms with E-state index in [0.717, 1.165) is 31.5 Å². The molecular weight excluding hydrogens is 584 g/mol. The molecule has 0 saturated carbocycles. The zero-order valence-corrected chi connectivity index (χ0v) is 25.1. The number of imidazole rings is 1. The molecule has 3 N–H and O–H groups in total. The van der Waals surface area contributed by atoms with Gasteiger partial charge in [-0.1, -0.05) is 42.0 Å². The van der Waals surface area contributed by atoms with E-state index in [1.54, 1.807) is 41.2 Å². The fourth-order valence-electron chi connectivity index (χ4n) is 5.07. The number of nitrogens with one attached hydrogen (secondary N) is 1. The second-order valence-corrected chi connectivity index (χ2v) is 13.3. The Morgan fingerprint density at radius 2 is 2.02 bits per heavy atom. The van der Waals surface area contributed by atoms with Crippen molar-refractivity contribution >= 4 is 61.2 Å². The predicted octanol–water partition coefficient (Wildman–Crippen LogP) is 4.15. The summed E-state index contributed by atoms with van der Waals surface area (Å²) in [6, 6.07) is 10.8. The zero-order chi connectivity index (χ0) is 29.3. The van der Waals surface area contributed by atoms with Crippen LogP contribution in [0.1, 0.15) is 37.0 Å². The monoisotopic (exact) mass is 614 g/mol. The third kappa shape index (κ3) is 6.70. The topological polar surface area (TPSA) is 126 Å². The standard InChI is InChI=1S/C29H31ClN4O5S2/c1-17(21-4-3-5-25(27(21)30)39-20-8-10-32-11-9-20)38-26-14-19(13-22(28(26)40)29(31)35)34-16-33-23-7-6-18(12-24(23)34)15-41(2,36)37/h3-7,12-14,16-17,20,26,32H,8-11,15H2,1-2H3,(H2,31,35)/t17-,26?/m1/s1. The normalized spacial score (nSPS) is 19.1. The van der Waals surface area contributed by atoms with E-state index in [4.69, 9.17) is 39.0 Å². The molecule has 1 saturated heterocycles. The van der Waals surface area contributed by atoms with Gasteiger partial charge in [0.1, 0.15) is 24.3 Å². The lowest BCUT2D eigenvalue weighted by Crippen LogP contribution is -2.34. The van der Waals surface area contributed by atoms with Crippen molar-refractivity contribution in [2.75, 3.05) is 19.3 Å². The van der Waals surface area contributed by atoms with Gasteiger partial charge in [-0.3, -0.25) is 9.36 Å². The summed E-state index contributed by atoms with van der Waals surface area (Å²) in [7, 11) is -3.23. The molecule has 1 amide bonds. The minimum absolute atomic E-state index is 0.0860. The number of aromatic nitrogens is 2. The predicted molar refractivity (Wildman–Crippen MR) is 164 cm³/mol. The molecule has 5 rings (SSSR count). The largest absolute Gasteiger partial charge is 0.489 e. The van der Waals surface area contributed by atoms with Crippen LogP contribution in [0.5, 0.6) is 5.75 Å². The van der Waals surface area contributed by atoms with Gasteiger partial charge in [0.2, 0.25) is 5.91 Å². The van der Waals surface area contributed by atoms with Crippen LogP contribution in [0.25, 0.3) is 16.7 Å². The van der Waals surface area contributed by atoms with Crippen molar-refractivity contribution in [3.05, 3.63) is 76.6 Å². The molecule has 9 nitrogen and oxygen atoms in total. The molecule has 12 heteroatoms. The molecule has 1 aliphatic heterocycles. The Bertz CT molecular complexity index is 1680. The Kier molecular flexibility index (Phi) is 8.62. The van der Waals surface area contributed by atoms with E-state index >= 15 is 0 Å². The van der Waals surface area contributed by atoms with Crippen LogP contribution in [0, 0.1) is 0 Å². The van der Waals surface area contributed by atoms with Gasteiger partial charge >= 0.3 is 0 Å². The van der Waals surface area contributed by atoms with Crippen LogP contribution < -0.4 is 15.8 Å². The summed E-state index contributed by atoms with van der Waals surface area (Å²) in [5, 5.41) is 3.79. The first-order valence-electron chi connectivity index (χ1n) is 13.2. The van der Waals surface area contributed by atoms with Crippen LogP contribution >= 0.6 is 23.8 Å².